The number of hydrogen-bond acceptors (Lipinski definition) is 1. The van der Waals surface area contributed by atoms with E-state index in [-0.39, 0.29) is 0 Å². The molecule has 1 heterocycles. The molecule has 262 valence electrons. The van der Waals surface area contributed by atoms with E-state index in [4.69, 9.17) is 4.98 Å². The van der Waals surface area contributed by atoms with Gasteiger partial charge in [0.15, 0.2) is 0 Å². The first kappa shape index (κ1) is 33.2. The first-order chi connectivity index (χ1) is 27.8. The molecule has 0 unspecified atom stereocenters. The summed E-state index contributed by atoms with van der Waals surface area (Å²) in [5.74, 6) is 0. The molecule has 0 saturated carbocycles. The van der Waals surface area contributed by atoms with Gasteiger partial charge in [-0.05, 0) is 101 Å². The summed E-state index contributed by atoms with van der Waals surface area (Å²) in [6.45, 7) is 0. The van der Waals surface area contributed by atoms with E-state index in [0.717, 1.165) is 33.6 Å². The Morgan fingerprint density at radius 3 is 1.29 bits per heavy atom. The highest BCUT2D eigenvalue weighted by molar-refractivity contribution is 6.23. The predicted octanol–water partition coefficient (Wildman–Crippen LogP) is 15.1. The number of nitrogens with zero attached hydrogens (tertiary/aromatic N) is 1. The Bertz CT molecular complexity index is 2930. The zero-order chi connectivity index (χ0) is 37.3. The topological polar surface area (TPSA) is 12.9 Å². The first-order valence-electron chi connectivity index (χ1n) is 19.2. The van der Waals surface area contributed by atoms with Gasteiger partial charge in [-0.2, -0.15) is 0 Å². The highest BCUT2D eigenvalue weighted by atomic mass is 14.7. The lowest BCUT2D eigenvalue weighted by atomic mass is 9.82. The van der Waals surface area contributed by atoms with Gasteiger partial charge in [0.25, 0.3) is 0 Å². The quantitative estimate of drug-likeness (QED) is 0.150. The average molecular weight is 712 g/mol. The van der Waals surface area contributed by atoms with E-state index in [2.05, 4.69) is 224 Å². The first-order valence-corrected chi connectivity index (χ1v) is 19.2. The van der Waals surface area contributed by atoms with Gasteiger partial charge >= 0.3 is 0 Å². The summed E-state index contributed by atoms with van der Waals surface area (Å²) in [6.07, 6.45) is 0. The molecule has 1 nitrogen and oxygen atoms in total. The van der Waals surface area contributed by atoms with Crippen molar-refractivity contribution in [1.82, 2.24) is 4.98 Å². The monoisotopic (exact) mass is 711 g/mol. The molecule has 9 aromatic carbocycles. The molecule has 0 spiro atoms. The minimum atomic E-state index is 0.953. The van der Waals surface area contributed by atoms with Crippen molar-refractivity contribution in [2.24, 2.45) is 0 Å². The maximum absolute atomic E-state index is 5.20. The summed E-state index contributed by atoms with van der Waals surface area (Å²) >= 11 is 0. The molecule has 56 heavy (non-hydrogen) atoms. The number of pyridine rings is 1. The van der Waals surface area contributed by atoms with Crippen molar-refractivity contribution in [2.75, 3.05) is 0 Å². The molecule has 0 amide bonds. The normalized spacial score (nSPS) is 11.2. The fourth-order valence-corrected chi connectivity index (χ4v) is 8.23. The molecule has 0 bridgehead atoms. The SMILES string of the molecule is c1ccc(-c2cccc(-c3c4ccccc4c(-c4ccccc4-c4ccccc4)c4ccc(-c5cc(-c6ccccc6)nc(-c6ccccc6)c5)cc34)c2)cc1. The highest BCUT2D eigenvalue weighted by Gasteiger charge is 2.20. The molecule has 0 aliphatic heterocycles. The Morgan fingerprint density at radius 2 is 0.661 bits per heavy atom. The number of rotatable bonds is 7. The van der Waals surface area contributed by atoms with Gasteiger partial charge in [0, 0.05) is 11.1 Å². The van der Waals surface area contributed by atoms with Crippen LogP contribution in [0.2, 0.25) is 0 Å². The molecule has 0 N–H and O–H groups in total. The predicted molar refractivity (Wildman–Crippen MR) is 237 cm³/mol. The minimum Gasteiger partial charge on any atom is -0.248 e. The van der Waals surface area contributed by atoms with Gasteiger partial charge in [0.2, 0.25) is 0 Å². The second-order valence-electron chi connectivity index (χ2n) is 14.3. The van der Waals surface area contributed by atoms with Crippen molar-refractivity contribution >= 4 is 21.5 Å². The maximum Gasteiger partial charge on any atom is 0.0715 e. The van der Waals surface area contributed by atoms with E-state index in [0.29, 0.717) is 0 Å². The summed E-state index contributed by atoms with van der Waals surface area (Å²) in [6, 6.07) is 80.8. The highest BCUT2D eigenvalue weighted by Crippen LogP contribution is 2.47. The Balaban J connectivity index is 1.29. The third kappa shape index (κ3) is 6.16. The fraction of sp³-hybridized carbons (Fsp3) is 0. The summed E-state index contributed by atoms with van der Waals surface area (Å²) in [5.41, 5.74) is 16.1. The smallest absolute Gasteiger partial charge is 0.0715 e. The Hall–Kier alpha value is -7.35. The Labute approximate surface area is 327 Å². The van der Waals surface area contributed by atoms with Crippen molar-refractivity contribution in [3.05, 3.63) is 224 Å². The summed E-state index contributed by atoms with van der Waals surface area (Å²) in [7, 11) is 0. The van der Waals surface area contributed by atoms with Gasteiger partial charge in [-0.3, -0.25) is 0 Å². The van der Waals surface area contributed by atoms with E-state index >= 15 is 0 Å². The molecule has 0 atom stereocenters. The van der Waals surface area contributed by atoms with Crippen LogP contribution in [0.5, 0.6) is 0 Å². The van der Waals surface area contributed by atoms with Crippen LogP contribution in [0.1, 0.15) is 0 Å². The van der Waals surface area contributed by atoms with Crippen LogP contribution < -0.4 is 0 Å². The standard InChI is InChI=1S/C55H37N/c1-5-18-38(19-6-1)42-26-17-27-44(34-42)54-48-30-15-16-31-49(48)55(47-29-14-13-28-46(47)39-20-7-2-8-21-39)50-33-32-43(35-51(50)54)45-36-52(40-22-9-3-10-23-40)56-53(37-45)41-24-11-4-12-25-41/h1-37H. The fourth-order valence-electron chi connectivity index (χ4n) is 8.23. The molecule has 10 rings (SSSR count). The molecule has 0 aliphatic rings. The summed E-state index contributed by atoms with van der Waals surface area (Å²) in [4.78, 5) is 5.20. The zero-order valence-corrected chi connectivity index (χ0v) is 30.8. The van der Waals surface area contributed by atoms with Crippen LogP contribution in [-0.4, -0.2) is 4.98 Å². The molecular weight excluding hydrogens is 675 g/mol. The van der Waals surface area contributed by atoms with Crippen LogP contribution in [0, 0.1) is 0 Å². The summed E-state index contributed by atoms with van der Waals surface area (Å²) in [5, 5.41) is 4.89. The number of hydrogen-bond donors (Lipinski definition) is 0. The molecule has 10 aromatic rings. The molecule has 1 heteroatoms. The lowest BCUT2D eigenvalue weighted by molar-refractivity contribution is 1.32. The third-order valence-corrected chi connectivity index (χ3v) is 10.9. The van der Waals surface area contributed by atoms with Gasteiger partial charge < -0.3 is 0 Å². The molecule has 0 fully saturated rings. The Kier molecular flexibility index (Phi) is 8.59. The largest absolute Gasteiger partial charge is 0.248 e. The number of benzene rings is 9. The minimum absolute atomic E-state index is 0.953. The Morgan fingerprint density at radius 1 is 0.214 bits per heavy atom. The summed E-state index contributed by atoms with van der Waals surface area (Å²) < 4.78 is 0. The molecular formula is C55H37N. The van der Waals surface area contributed by atoms with Crippen molar-refractivity contribution in [2.45, 2.75) is 0 Å². The van der Waals surface area contributed by atoms with Crippen LogP contribution in [0.4, 0.5) is 0 Å². The number of fused-ring (bicyclic) bond motifs is 2. The van der Waals surface area contributed by atoms with Crippen LogP contribution in [-0.2, 0) is 0 Å². The van der Waals surface area contributed by atoms with E-state index in [1.54, 1.807) is 0 Å². The van der Waals surface area contributed by atoms with Crippen LogP contribution >= 0.6 is 0 Å². The van der Waals surface area contributed by atoms with E-state index < -0.39 is 0 Å². The van der Waals surface area contributed by atoms with E-state index in [9.17, 15) is 0 Å². The maximum atomic E-state index is 5.20. The van der Waals surface area contributed by atoms with Gasteiger partial charge in [-0.25, -0.2) is 4.98 Å². The van der Waals surface area contributed by atoms with Crippen molar-refractivity contribution in [3.8, 4) is 78.1 Å². The van der Waals surface area contributed by atoms with Crippen LogP contribution in [0.15, 0.2) is 224 Å². The number of aromatic nitrogens is 1. The van der Waals surface area contributed by atoms with Crippen molar-refractivity contribution in [3.63, 3.8) is 0 Å². The van der Waals surface area contributed by atoms with Crippen molar-refractivity contribution in [1.29, 1.82) is 0 Å². The van der Waals surface area contributed by atoms with Crippen LogP contribution in [0.3, 0.4) is 0 Å². The molecule has 0 radical (unpaired) electrons. The van der Waals surface area contributed by atoms with Gasteiger partial charge in [0.05, 0.1) is 11.4 Å². The molecule has 1 aromatic heterocycles. The van der Waals surface area contributed by atoms with Gasteiger partial charge in [-0.1, -0.05) is 200 Å². The third-order valence-electron chi connectivity index (χ3n) is 10.9. The van der Waals surface area contributed by atoms with Crippen molar-refractivity contribution < 1.29 is 0 Å². The second-order valence-corrected chi connectivity index (χ2v) is 14.3. The lowest BCUT2D eigenvalue weighted by Crippen LogP contribution is -1.94. The second kappa shape index (κ2) is 14.5. The van der Waals surface area contributed by atoms with E-state index in [1.807, 2.05) is 0 Å². The van der Waals surface area contributed by atoms with Gasteiger partial charge in [0.1, 0.15) is 0 Å². The van der Waals surface area contributed by atoms with Crippen LogP contribution in [0.25, 0.3) is 99.7 Å². The van der Waals surface area contributed by atoms with E-state index in [1.165, 1.54) is 66.1 Å². The molecule has 0 saturated heterocycles. The zero-order valence-electron chi connectivity index (χ0n) is 30.8. The lowest BCUT2D eigenvalue weighted by Gasteiger charge is -2.21. The molecule has 0 aliphatic carbocycles. The van der Waals surface area contributed by atoms with Gasteiger partial charge in [-0.15, -0.1) is 0 Å². The average Bonchev–Trinajstić information content (AvgIpc) is 3.29.